The van der Waals surface area contributed by atoms with Crippen LogP contribution in [0.2, 0.25) is 5.02 Å². The average molecular weight is 452 g/mol. The van der Waals surface area contributed by atoms with Crippen molar-refractivity contribution >= 4 is 40.5 Å². The highest BCUT2D eigenvalue weighted by molar-refractivity contribution is 6.33. The molecule has 0 saturated carbocycles. The van der Waals surface area contributed by atoms with E-state index in [9.17, 15) is 9.59 Å². The Balaban J connectivity index is 1.53. The number of nitrogens with one attached hydrogen (secondary N) is 3. The van der Waals surface area contributed by atoms with Crippen molar-refractivity contribution in [2.24, 2.45) is 0 Å². The SMILES string of the molecule is CCCC(=O)Nc1ccc(Cl)c(NC(=O)CNc2cccc(OCc3ccccc3)c2)c1. The molecule has 32 heavy (non-hydrogen) atoms. The van der Waals surface area contributed by atoms with Crippen LogP contribution < -0.4 is 20.7 Å². The lowest BCUT2D eigenvalue weighted by molar-refractivity contribution is -0.116. The number of ether oxygens (including phenoxy) is 1. The van der Waals surface area contributed by atoms with Crippen LogP contribution in [0.15, 0.2) is 72.8 Å². The van der Waals surface area contributed by atoms with Crippen molar-refractivity contribution in [2.45, 2.75) is 26.4 Å². The highest BCUT2D eigenvalue weighted by atomic mass is 35.5. The van der Waals surface area contributed by atoms with Gasteiger partial charge in [0.1, 0.15) is 12.4 Å². The predicted octanol–water partition coefficient (Wildman–Crippen LogP) is 5.71. The summed E-state index contributed by atoms with van der Waals surface area (Å²) < 4.78 is 5.82. The number of hydrogen-bond donors (Lipinski definition) is 3. The Labute approximate surface area is 192 Å². The van der Waals surface area contributed by atoms with Gasteiger partial charge in [0.2, 0.25) is 11.8 Å². The molecular formula is C25H26ClN3O3. The zero-order chi connectivity index (χ0) is 22.8. The summed E-state index contributed by atoms with van der Waals surface area (Å²) in [5.74, 6) is 0.362. The van der Waals surface area contributed by atoms with Gasteiger partial charge in [-0.15, -0.1) is 0 Å². The summed E-state index contributed by atoms with van der Waals surface area (Å²) in [5, 5.41) is 9.04. The molecule has 0 heterocycles. The van der Waals surface area contributed by atoms with Crippen LogP contribution in [0.4, 0.5) is 17.1 Å². The number of hydrogen-bond acceptors (Lipinski definition) is 4. The van der Waals surface area contributed by atoms with Crippen molar-refractivity contribution < 1.29 is 14.3 Å². The second kappa shape index (κ2) is 11.8. The van der Waals surface area contributed by atoms with Crippen molar-refractivity contribution in [3.63, 3.8) is 0 Å². The molecule has 0 radical (unpaired) electrons. The molecule has 6 nitrogen and oxygen atoms in total. The van der Waals surface area contributed by atoms with Gasteiger partial charge in [0, 0.05) is 23.9 Å². The lowest BCUT2D eigenvalue weighted by Crippen LogP contribution is -2.22. The van der Waals surface area contributed by atoms with Crippen LogP contribution >= 0.6 is 11.6 Å². The van der Waals surface area contributed by atoms with E-state index in [1.54, 1.807) is 18.2 Å². The van der Waals surface area contributed by atoms with E-state index in [0.29, 0.717) is 35.2 Å². The minimum absolute atomic E-state index is 0.0465. The van der Waals surface area contributed by atoms with Crippen molar-refractivity contribution in [1.82, 2.24) is 0 Å². The largest absolute Gasteiger partial charge is 0.489 e. The van der Waals surface area contributed by atoms with E-state index in [1.807, 2.05) is 61.5 Å². The maximum absolute atomic E-state index is 12.4. The molecular weight excluding hydrogens is 426 g/mol. The summed E-state index contributed by atoms with van der Waals surface area (Å²) in [6.07, 6.45) is 1.19. The van der Waals surface area contributed by atoms with Gasteiger partial charge in [0.05, 0.1) is 17.3 Å². The van der Waals surface area contributed by atoms with Crippen molar-refractivity contribution in [3.05, 3.63) is 83.4 Å². The molecule has 0 aliphatic heterocycles. The van der Waals surface area contributed by atoms with E-state index >= 15 is 0 Å². The third kappa shape index (κ3) is 7.32. The third-order valence-electron chi connectivity index (χ3n) is 4.54. The Bertz CT molecular complexity index is 1060. The highest BCUT2D eigenvalue weighted by Crippen LogP contribution is 2.26. The number of amides is 2. The van der Waals surface area contributed by atoms with Crippen LogP contribution in [0.5, 0.6) is 5.75 Å². The molecule has 3 aromatic rings. The topological polar surface area (TPSA) is 79.5 Å². The molecule has 3 N–H and O–H groups in total. The Hall–Kier alpha value is -3.51. The van der Waals surface area contributed by atoms with E-state index in [4.69, 9.17) is 16.3 Å². The molecule has 0 unspecified atom stereocenters. The van der Waals surface area contributed by atoms with E-state index in [-0.39, 0.29) is 18.4 Å². The van der Waals surface area contributed by atoms with Crippen LogP contribution in [0.25, 0.3) is 0 Å². The Morgan fingerprint density at radius 3 is 2.47 bits per heavy atom. The maximum Gasteiger partial charge on any atom is 0.243 e. The molecule has 0 fully saturated rings. The second-order valence-electron chi connectivity index (χ2n) is 7.20. The fourth-order valence-electron chi connectivity index (χ4n) is 2.96. The minimum atomic E-state index is -0.264. The third-order valence-corrected chi connectivity index (χ3v) is 4.87. The first-order valence-corrected chi connectivity index (χ1v) is 10.8. The first kappa shape index (κ1) is 23.2. The van der Waals surface area contributed by atoms with Gasteiger partial charge in [-0.05, 0) is 42.3 Å². The van der Waals surface area contributed by atoms with Crippen molar-refractivity contribution in [3.8, 4) is 5.75 Å². The smallest absolute Gasteiger partial charge is 0.243 e. The van der Waals surface area contributed by atoms with Gasteiger partial charge in [-0.1, -0.05) is 54.9 Å². The first-order valence-electron chi connectivity index (χ1n) is 10.4. The summed E-state index contributed by atoms with van der Waals surface area (Å²) in [5.41, 5.74) is 2.86. The monoisotopic (exact) mass is 451 g/mol. The molecule has 0 atom stereocenters. The Morgan fingerprint density at radius 2 is 1.69 bits per heavy atom. The Kier molecular flexibility index (Phi) is 8.52. The molecule has 166 valence electrons. The lowest BCUT2D eigenvalue weighted by atomic mass is 10.2. The number of carbonyl (C=O) groups is 2. The quantitative estimate of drug-likeness (QED) is 0.369. The molecule has 0 saturated heterocycles. The molecule has 0 aliphatic rings. The second-order valence-corrected chi connectivity index (χ2v) is 7.60. The molecule has 0 spiro atoms. The normalized spacial score (nSPS) is 10.3. The molecule has 0 aromatic heterocycles. The van der Waals surface area contributed by atoms with E-state index < -0.39 is 0 Å². The van der Waals surface area contributed by atoms with E-state index in [2.05, 4.69) is 16.0 Å². The number of anilines is 3. The molecule has 0 aliphatic carbocycles. The fraction of sp³-hybridized carbons (Fsp3) is 0.200. The molecule has 2 amide bonds. The summed E-state index contributed by atoms with van der Waals surface area (Å²) in [6, 6.07) is 22.3. The van der Waals surface area contributed by atoms with Crippen LogP contribution in [-0.2, 0) is 16.2 Å². The van der Waals surface area contributed by atoms with Gasteiger partial charge >= 0.3 is 0 Å². The van der Waals surface area contributed by atoms with E-state index in [1.165, 1.54) is 0 Å². The van der Waals surface area contributed by atoms with E-state index in [0.717, 1.165) is 17.7 Å². The highest BCUT2D eigenvalue weighted by Gasteiger charge is 2.09. The summed E-state index contributed by atoms with van der Waals surface area (Å²) >= 11 is 6.20. The van der Waals surface area contributed by atoms with Crippen molar-refractivity contribution in [2.75, 3.05) is 22.5 Å². The number of halogens is 1. The van der Waals surface area contributed by atoms with Crippen LogP contribution in [0, 0.1) is 0 Å². The van der Waals surface area contributed by atoms with Crippen LogP contribution in [0.1, 0.15) is 25.3 Å². The lowest BCUT2D eigenvalue weighted by Gasteiger charge is -2.12. The van der Waals surface area contributed by atoms with Gasteiger partial charge in [-0.3, -0.25) is 9.59 Å². The number of rotatable bonds is 10. The predicted molar refractivity (Wildman–Crippen MR) is 129 cm³/mol. The summed E-state index contributed by atoms with van der Waals surface area (Å²) in [4.78, 5) is 24.2. The zero-order valence-corrected chi connectivity index (χ0v) is 18.6. The standard InChI is InChI=1S/C25H26ClN3O3/c1-2-7-24(30)28-20-12-13-22(26)23(15-20)29-25(31)16-27-19-10-6-11-21(14-19)32-17-18-8-4-3-5-9-18/h3-6,8-15,27H,2,7,16-17H2,1H3,(H,28,30)(H,29,31). The maximum atomic E-state index is 12.4. The summed E-state index contributed by atoms with van der Waals surface area (Å²) in [7, 11) is 0. The van der Waals surface area contributed by atoms with Gasteiger partial charge in [0.15, 0.2) is 0 Å². The van der Waals surface area contributed by atoms with Gasteiger partial charge < -0.3 is 20.7 Å². The van der Waals surface area contributed by atoms with Gasteiger partial charge in [-0.2, -0.15) is 0 Å². The number of benzene rings is 3. The molecule has 3 rings (SSSR count). The number of carbonyl (C=O) groups excluding carboxylic acids is 2. The molecule has 0 bridgehead atoms. The van der Waals surface area contributed by atoms with Crippen LogP contribution in [0.3, 0.4) is 0 Å². The van der Waals surface area contributed by atoms with Gasteiger partial charge in [-0.25, -0.2) is 0 Å². The minimum Gasteiger partial charge on any atom is -0.489 e. The van der Waals surface area contributed by atoms with Crippen molar-refractivity contribution in [1.29, 1.82) is 0 Å². The molecule has 3 aromatic carbocycles. The zero-order valence-electron chi connectivity index (χ0n) is 17.9. The Morgan fingerprint density at radius 1 is 0.875 bits per heavy atom. The van der Waals surface area contributed by atoms with Gasteiger partial charge in [0.25, 0.3) is 0 Å². The fourth-order valence-corrected chi connectivity index (χ4v) is 3.13. The van der Waals surface area contributed by atoms with Crippen LogP contribution in [-0.4, -0.2) is 18.4 Å². The average Bonchev–Trinajstić information content (AvgIpc) is 2.80. The molecule has 7 heteroatoms. The first-order chi connectivity index (χ1) is 15.5. The summed E-state index contributed by atoms with van der Waals surface area (Å²) in [6.45, 7) is 2.45.